The zero-order valence-electron chi connectivity index (χ0n) is 10.7. The lowest BCUT2D eigenvalue weighted by Gasteiger charge is -2.20. The van der Waals surface area contributed by atoms with E-state index in [9.17, 15) is 4.79 Å². The zero-order valence-corrected chi connectivity index (χ0v) is 12.4. The van der Waals surface area contributed by atoms with E-state index in [1.165, 1.54) is 29.7 Å². The Kier molecular flexibility index (Phi) is 3.73. The van der Waals surface area contributed by atoms with Gasteiger partial charge in [-0.05, 0) is 35.2 Å². The largest absolute Gasteiger partial charge is 0.480 e. The molecule has 1 unspecified atom stereocenters. The zero-order chi connectivity index (χ0) is 14.1. The molecule has 1 aliphatic carbocycles. The number of rotatable bonds is 6. The number of carbonyl (C=O) groups is 1. The molecule has 0 radical (unpaired) electrons. The molecule has 0 bridgehead atoms. The minimum atomic E-state index is -1.04. The standard InChI is InChI=1S/C13H15N3O2S2/c14-11(12(17)18)10-7-20-13(15-10)16(9-1-2-9)5-8-3-4-19-6-8/h3-4,6-7,9,11H,1-2,5,14H2,(H,17,18). The first-order valence-electron chi connectivity index (χ1n) is 6.36. The summed E-state index contributed by atoms with van der Waals surface area (Å²) in [6.45, 7) is 0.823. The van der Waals surface area contributed by atoms with Crippen LogP contribution in [0.2, 0.25) is 0 Å². The molecular formula is C13H15N3O2S2. The van der Waals surface area contributed by atoms with Crippen LogP contribution in [-0.2, 0) is 11.3 Å². The van der Waals surface area contributed by atoms with Gasteiger partial charge in [0.25, 0.3) is 0 Å². The molecule has 106 valence electrons. The molecule has 20 heavy (non-hydrogen) atoms. The topological polar surface area (TPSA) is 79.5 Å². The Balaban J connectivity index is 1.79. The van der Waals surface area contributed by atoms with E-state index in [1.807, 2.05) is 0 Å². The van der Waals surface area contributed by atoms with Crippen molar-refractivity contribution in [2.75, 3.05) is 4.90 Å². The van der Waals surface area contributed by atoms with Gasteiger partial charge in [-0.25, -0.2) is 4.98 Å². The van der Waals surface area contributed by atoms with Crippen molar-refractivity contribution < 1.29 is 9.90 Å². The van der Waals surface area contributed by atoms with Gasteiger partial charge in [0.1, 0.15) is 6.04 Å². The highest BCUT2D eigenvalue weighted by Gasteiger charge is 2.31. The molecule has 5 nitrogen and oxygen atoms in total. The lowest BCUT2D eigenvalue weighted by molar-refractivity contribution is -0.138. The average Bonchev–Trinajstić information content (AvgIpc) is 2.94. The van der Waals surface area contributed by atoms with Crippen LogP contribution in [0.1, 0.15) is 30.1 Å². The Morgan fingerprint density at radius 3 is 2.95 bits per heavy atom. The Hall–Kier alpha value is -1.44. The van der Waals surface area contributed by atoms with Gasteiger partial charge in [-0.15, -0.1) is 11.3 Å². The lowest BCUT2D eigenvalue weighted by Crippen LogP contribution is -2.25. The number of carboxylic acids is 1. The molecule has 0 saturated heterocycles. The number of aromatic nitrogens is 1. The Morgan fingerprint density at radius 2 is 2.35 bits per heavy atom. The van der Waals surface area contributed by atoms with Crippen molar-refractivity contribution in [3.8, 4) is 0 Å². The molecule has 1 aliphatic rings. The molecule has 0 amide bonds. The number of anilines is 1. The maximum atomic E-state index is 10.9. The first-order chi connectivity index (χ1) is 9.65. The number of thiazole rings is 1. The van der Waals surface area contributed by atoms with Gasteiger partial charge < -0.3 is 15.7 Å². The number of thiophene rings is 1. The molecule has 0 aromatic carbocycles. The van der Waals surface area contributed by atoms with Crippen LogP contribution in [0.25, 0.3) is 0 Å². The predicted octanol–water partition coefficient (Wildman–Crippen LogP) is 2.46. The normalized spacial score (nSPS) is 16.1. The van der Waals surface area contributed by atoms with Gasteiger partial charge >= 0.3 is 5.97 Å². The van der Waals surface area contributed by atoms with Crippen LogP contribution in [0.15, 0.2) is 22.2 Å². The second-order valence-corrected chi connectivity index (χ2v) is 6.48. The predicted molar refractivity (Wildman–Crippen MR) is 80.2 cm³/mol. The summed E-state index contributed by atoms with van der Waals surface area (Å²) in [5.74, 6) is -1.04. The molecule has 7 heteroatoms. The summed E-state index contributed by atoms with van der Waals surface area (Å²) in [5, 5.41) is 15.7. The molecule has 2 aromatic rings. The van der Waals surface area contributed by atoms with Crippen LogP contribution in [0.3, 0.4) is 0 Å². The molecule has 0 aliphatic heterocycles. The van der Waals surface area contributed by atoms with Crippen molar-refractivity contribution in [1.29, 1.82) is 0 Å². The quantitative estimate of drug-likeness (QED) is 0.857. The van der Waals surface area contributed by atoms with E-state index in [0.29, 0.717) is 11.7 Å². The summed E-state index contributed by atoms with van der Waals surface area (Å²) in [6.07, 6.45) is 2.34. The summed E-state index contributed by atoms with van der Waals surface area (Å²) in [6, 6.07) is 1.59. The van der Waals surface area contributed by atoms with Crippen molar-refractivity contribution >= 4 is 33.8 Å². The Labute approximate surface area is 124 Å². The van der Waals surface area contributed by atoms with Gasteiger partial charge in [-0.3, -0.25) is 4.79 Å². The van der Waals surface area contributed by atoms with Crippen LogP contribution in [0, 0.1) is 0 Å². The van der Waals surface area contributed by atoms with E-state index >= 15 is 0 Å². The second-order valence-electron chi connectivity index (χ2n) is 4.86. The summed E-state index contributed by atoms with van der Waals surface area (Å²) in [7, 11) is 0. The molecule has 0 spiro atoms. The Bertz CT molecular complexity index is 593. The summed E-state index contributed by atoms with van der Waals surface area (Å²) in [4.78, 5) is 17.6. The van der Waals surface area contributed by atoms with Crippen molar-refractivity contribution in [3.05, 3.63) is 33.5 Å². The van der Waals surface area contributed by atoms with Gasteiger partial charge in [-0.1, -0.05) is 0 Å². The van der Waals surface area contributed by atoms with Crippen molar-refractivity contribution in [1.82, 2.24) is 4.98 Å². The molecule has 1 atom stereocenters. The van der Waals surface area contributed by atoms with Crippen molar-refractivity contribution in [3.63, 3.8) is 0 Å². The molecule has 2 aromatic heterocycles. The Morgan fingerprint density at radius 1 is 1.55 bits per heavy atom. The van der Waals surface area contributed by atoms with Gasteiger partial charge in [-0.2, -0.15) is 11.3 Å². The van der Waals surface area contributed by atoms with Crippen LogP contribution >= 0.6 is 22.7 Å². The van der Waals surface area contributed by atoms with E-state index in [0.717, 1.165) is 11.7 Å². The highest BCUT2D eigenvalue weighted by atomic mass is 32.1. The van der Waals surface area contributed by atoms with E-state index in [4.69, 9.17) is 10.8 Å². The second kappa shape index (κ2) is 5.51. The average molecular weight is 309 g/mol. The minimum Gasteiger partial charge on any atom is -0.480 e. The number of nitrogens with two attached hydrogens (primary N) is 1. The van der Waals surface area contributed by atoms with Crippen LogP contribution in [0.5, 0.6) is 0 Å². The van der Waals surface area contributed by atoms with E-state index in [1.54, 1.807) is 16.7 Å². The minimum absolute atomic E-state index is 0.438. The van der Waals surface area contributed by atoms with Crippen LogP contribution < -0.4 is 10.6 Å². The fourth-order valence-corrected chi connectivity index (χ4v) is 3.59. The first kappa shape index (κ1) is 13.5. The SMILES string of the molecule is NC(C(=O)O)c1csc(N(Cc2ccsc2)C2CC2)n1. The number of carboxylic acid groups (broad SMARTS) is 1. The van der Waals surface area contributed by atoms with Crippen LogP contribution in [0.4, 0.5) is 5.13 Å². The number of nitrogens with zero attached hydrogens (tertiary/aromatic N) is 2. The fraction of sp³-hybridized carbons (Fsp3) is 0.385. The number of aliphatic carboxylic acids is 1. The maximum Gasteiger partial charge on any atom is 0.326 e. The maximum absolute atomic E-state index is 10.9. The molecule has 1 saturated carbocycles. The highest BCUT2D eigenvalue weighted by molar-refractivity contribution is 7.13. The molecule has 1 fully saturated rings. The third kappa shape index (κ3) is 2.84. The molecule has 2 heterocycles. The lowest BCUT2D eigenvalue weighted by atomic mass is 10.2. The van der Waals surface area contributed by atoms with E-state index in [2.05, 4.69) is 26.7 Å². The molecule has 3 rings (SSSR count). The van der Waals surface area contributed by atoms with Gasteiger partial charge in [0.05, 0.1) is 5.69 Å². The number of hydrogen-bond donors (Lipinski definition) is 2. The van der Waals surface area contributed by atoms with Crippen LogP contribution in [-0.4, -0.2) is 22.1 Å². The fourth-order valence-electron chi connectivity index (χ4n) is 2.00. The smallest absolute Gasteiger partial charge is 0.326 e. The van der Waals surface area contributed by atoms with Gasteiger partial charge in [0, 0.05) is 18.0 Å². The summed E-state index contributed by atoms with van der Waals surface area (Å²) < 4.78 is 0. The first-order valence-corrected chi connectivity index (χ1v) is 8.19. The summed E-state index contributed by atoms with van der Waals surface area (Å²) in [5.41, 5.74) is 7.31. The van der Waals surface area contributed by atoms with Crippen molar-refractivity contribution in [2.45, 2.75) is 31.5 Å². The van der Waals surface area contributed by atoms with E-state index < -0.39 is 12.0 Å². The third-order valence-electron chi connectivity index (χ3n) is 3.26. The summed E-state index contributed by atoms with van der Waals surface area (Å²) >= 11 is 3.15. The van der Waals surface area contributed by atoms with Gasteiger partial charge in [0.15, 0.2) is 5.13 Å². The van der Waals surface area contributed by atoms with Gasteiger partial charge in [0.2, 0.25) is 0 Å². The third-order valence-corrected chi connectivity index (χ3v) is 4.89. The molecular weight excluding hydrogens is 294 g/mol. The number of hydrogen-bond acceptors (Lipinski definition) is 6. The monoisotopic (exact) mass is 309 g/mol. The van der Waals surface area contributed by atoms with E-state index in [-0.39, 0.29) is 0 Å². The highest BCUT2D eigenvalue weighted by Crippen LogP contribution is 2.35. The van der Waals surface area contributed by atoms with Crippen molar-refractivity contribution in [2.24, 2.45) is 5.73 Å². The molecule has 3 N–H and O–H groups in total.